The zero-order valence-corrected chi connectivity index (χ0v) is 33.6. The van der Waals surface area contributed by atoms with Crippen molar-refractivity contribution in [2.45, 2.75) is 56.8 Å². The molecular formula is C56H45N3. The summed E-state index contributed by atoms with van der Waals surface area (Å²) >= 11 is 0. The highest BCUT2D eigenvalue weighted by atomic mass is 15.0. The van der Waals surface area contributed by atoms with Crippen molar-refractivity contribution < 1.29 is 0 Å². The molecule has 1 heterocycles. The molecule has 3 nitrogen and oxygen atoms in total. The Labute approximate surface area is 346 Å². The Kier molecular flexibility index (Phi) is 6.96. The van der Waals surface area contributed by atoms with Crippen LogP contribution in [-0.4, -0.2) is 15.0 Å². The minimum absolute atomic E-state index is 0.00621. The van der Waals surface area contributed by atoms with E-state index in [0.717, 1.165) is 28.5 Å². The molecule has 0 saturated heterocycles. The van der Waals surface area contributed by atoms with Gasteiger partial charge in [0.2, 0.25) is 0 Å². The first kappa shape index (κ1) is 33.7. The average Bonchev–Trinajstić information content (AvgIpc) is 3.70. The molecule has 1 aromatic heterocycles. The minimum Gasteiger partial charge on any atom is -0.208 e. The smallest absolute Gasteiger partial charge is 0.164 e. The quantitative estimate of drug-likeness (QED) is 0.179. The van der Waals surface area contributed by atoms with Crippen molar-refractivity contribution in [1.82, 2.24) is 15.0 Å². The summed E-state index contributed by atoms with van der Waals surface area (Å²) in [7, 11) is 0. The van der Waals surface area contributed by atoms with Crippen LogP contribution >= 0.6 is 0 Å². The second kappa shape index (κ2) is 12.2. The van der Waals surface area contributed by atoms with Gasteiger partial charge in [-0.15, -0.1) is 0 Å². The van der Waals surface area contributed by atoms with Crippen LogP contribution < -0.4 is 0 Å². The van der Waals surface area contributed by atoms with Crippen LogP contribution in [0, 0.1) is 23.7 Å². The fourth-order valence-electron chi connectivity index (χ4n) is 13.2. The number of fused-ring (bicyclic) bond motifs is 8. The van der Waals surface area contributed by atoms with Gasteiger partial charge in [0.25, 0.3) is 0 Å². The van der Waals surface area contributed by atoms with E-state index in [9.17, 15) is 0 Å². The molecular weight excluding hydrogens is 715 g/mol. The summed E-state index contributed by atoms with van der Waals surface area (Å²) in [5.74, 6) is 5.33. The Hall–Kier alpha value is -6.19. The molecule has 59 heavy (non-hydrogen) atoms. The highest BCUT2D eigenvalue weighted by molar-refractivity contribution is 6.03. The van der Waals surface area contributed by atoms with Gasteiger partial charge in [-0.1, -0.05) is 153 Å². The normalized spacial score (nSPS) is 23.6. The number of rotatable bonds is 4. The van der Waals surface area contributed by atoms with Gasteiger partial charge in [0.15, 0.2) is 17.5 Å². The van der Waals surface area contributed by atoms with Crippen LogP contribution in [0.15, 0.2) is 152 Å². The number of hydrogen-bond acceptors (Lipinski definition) is 3. The molecule has 1 spiro atoms. The Morgan fingerprint density at radius 3 is 1.71 bits per heavy atom. The summed E-state index contributed by atoms with van der Waals surface area (Å²) in [5.41, 5.74) is 16.9. The van der Waals surface area contributed by atoms with E-state index in [0.29, 0.717) is 29.3 Å². The third-order valence-corrected chi connectivity index (χ3v) is 15.5. The molecule has 0 radical (unpaired) electrons. The fourth-order valence-corrected chi connectivity index (χ4v) is 13.2. The Morgan fingerprint density at radius 2 is 0.949 bits per heavy atom. The van der Waals surface area contributed by atoms with Gasteiger partial charge in [0.05, 0.1) is 0 Å². The summed E-state index contributed by atoms with van der Waals surface area (Å²) in [4.78, 5) is 15.7. The van der Waals surface area contributed by atoms with Gasteiger partial charge in [-0.25, -0.2) is 15.0 Å². The summed E-state index contributed by atoms with van der Waals surface area (Å²) in [6.45, 7) is 4.67. The van der Waals surface area contributed by atoms with Gasteiger partial charge >= 0.3 is 0 Å². The van der Waals surface area contributed by atoms with Crippen LogP contribution in [0.1, 0.15) is 68.2 Å². The van der Waals surface area contributed by atoms with Crippen molar-refractivity contribution in [3.05, 3.63) is 174 Å². The highest BCUT2D eigenvalue weighted by Gasteiger charge is 2.61. The van der Waals surface area contributed by atoms with E-state index in [1.54, 1.807) is 11.1 Å². The van der Waals surface area contributed by atoms with Crippen LogP contribution in [-0.2, 0) is 10.8 Å². The van der Waals surface area contributed by atoms with E-state index in [4.69, 9.17) is 15.0 Å². The first-order valence-corrected chi connectivity index (χ1v) is 21.8. The molecule has 0 atom stereocenters. The standard InChI is InChI=1S/C56H45N3/c1-55(2)47-15-9-8-14-44(47)45-31-39(21-23-48(45)55)35-16-18-38(19-17-35)53-57-52(37-11-4-3-5-12-37)58-54(59-53)40-22-24-49-46(32-40)51-43-13-7-6-10-36(43)20-25-50(51)56(49)41-27-33-26-34(29-41)30-42(56)28-33/h3-25,31-34,41-42H,26-30H2,1-2H3. The first-order valence-electron chi connectivity index (χ1n) is 21.8. The third kappa shape index (κ3) is 4.73. The molecule has 4 fully saturated rings. The van der Waals surface area contributed by atoms with E-state index < -0.39 is 0 Å². The molecule has 8 aromatic rings. The van der Waals surface area contributed by atoms with Gasteiger partial charge in [-0.2, -0.15) is 0 Å². The van der Waals surface area contributed by atoms with E-state index >= 15 is 0 Å². The van der Waals surface area contributed by atoms with Crippen LogP contribution in [0.25, 0.3) is 78.3 Å². The molecule has 7 aromatic carbocycles. The summed E-state index contributed by atoms with van der Waals surface area (Å²) in [5, 5.41) is 2.68. The molecule has 284 valence electrons. The fraction of sp³-hybridized carbons (Fsp3) is 0.232. The Bertz CT molecular complexity index is 3000. The van der Waals surface area contributed by atoms with Gasteiger partial charge < -0.3 is 0 Å². The molecule has 0 N–H and O–H groups in total. The van der Waals surface area contributed by atoms with E-state index in [-0.39, 0.29) is 10.8 Å². The topological polar surface area (TPSA) is 38.7 Å². The molecule has 3 heteroatoms. The Balaban J connectivity index is 0.937. The molecule has 0 aliphatic heterocycles. The lowest BCUT2D eigenvalue weighted by atomic mass is 9.43. The van der Waals surface area contributed by atoms with Crippen molar-refractivity contribution in [2.24, 2.45) is 23.7 Å². The molecule has 6 aliphatic rings. The summed E-state index contributed by atoms with van der Waals surface area (Å²) in [6, 6.07) is 56.2. The number of hydrogen-bond donors (Lipinski definition) is 0. The molecule has 6 aliphatic carbocycles. The number of benzene rings is 7. The van der Waals surface area contributed by atoms with Crippen molar-refractivity contribution in [1.29, 1.82) is 0 Å². The van der Waals surface area contributed by atoms with Crippen molar-refractivity contribution in [2.75, 3.05) is 0 Å². The first-order chi connectivity index (χ1) is 28.9. The van der Waals surface area contributed by atoms with E-state index in [2.05, 4.69) is 159 Å². The largest absolute Gasteiger partial charge is 0.208 e. The number of aromatic nitrogens is 3. The highest BCUT2D eigenvalue weighted by Crippen LogP contribution is 2.70. The van der Waals surface area contributed by atoms with Crippen molar-refractivity contribution in [3.63, 3.8) is 0 Å². The summed E-state index contributed by atoms with van der Waals surface area (Å²) in [6.07, 6.45) is 6.93. The van der Waals surface area contributed by atoms with Crippen LogP contribution in [0.4, 0.5) is 0 Å². The predicted molar refractivity (Wildman–Crippen MR) is 240 cm³/mol. The average molecular weight is 760 g/mol. The maximum absolute atomic E-state index is 5.29. The molecule has 14 rings (SSSR count). The van der Waals surface area contributed by atoms with E-state index in [1.807, 2.05) is 6.07 Å². The van der Waals surface area contributed by atoms with Crippen LogP contribution in [0.2, 0.25) is 0 Å². The lowest BCUT2D eigenvalue weighted by molar-refractivity contribution is -0.0399. The lowest BCUT2D eigenvalue weighted by Crippen LogP contribution is -2.55. The molecule has 4 saturated carbocycles. The molecule has 0 amide bonds. The minimum atomic E-state index is -0.00621. The summed E-state index contributed by atoms with van der Waals surface area (Å²) < 4.78 is 0. The zero-order chi connectivity index (χ0) is 39.0. The van der Waals surface area contributed by atoms with Crippen LogP contribution in [0.3, 0.4) is 0 Å². The van der Waals surface area contributed by atoms with E-state index in [1.165, 1.54) is 87.4 Å². The maximum atomic E-state index is 5.29. The van der Waals surface area contributed by atoms with Gasteiger partial charge in [-0.05, 0) is 134 Å². The zero-order valence-electron chi connectivity index (χ0n) is 33.6. The second-order valence-electron chi connectivity index (χ2n) is 18.8. The molecule has 0 unspecified atom stereocenters. The van der Waals surface area contributed by atoms with Crippen molar-refractivity contribution in [3.8, 4) is 67.5 Å². The SMILES string of the molecule is CC1(C)c2ccccc2-c2cc(-c3ccc(-c4nc(-c5ccccc5)nc(-c5ccc6c(c5)-c5c(ccc7ccccc57)C65C6CC7CC(C6)CC5C7)n4)cc3)ccc21. The number of nitrogens with zero attached hydrogens (tertiary/aromatic N) is 3. The van der Waals surface area contributed by atoms with Gasteiger partial charge in [0.1, 0.15) is 0 Å². The Morgan fingerprint density at radius 1 is 0.407 bits per heavy atom. The van der Waals surface area contributed by atoms with Crippen molar-refractivity contribution >= 4 is 10.8 Å². The monoisotopic (exact) mass is 759 g/mol. The van der Waals surface area contributed by atoms with Crippen LogP contribution in [0.5, 0.6) is 0 Å². The lowest BCUT2D eigenvalue weighted by Gasteiger charge is -2.61. The van der Waals surface area contributed by atoms with Gasteiger partial charge in [-0.3, -0.25) is 0 Å². The third-order valence-electron chi connectivity index (χ3n) is 15.5. The molecule has 4 bridgehead atoms. The van der Waals surface area contributed by atoms with Gasteiger partial charge in [0, 0.05) is 27.5 Å². The second-order valence-corrected chi connectivity index (χ2v) is 18.8. The predicted octanol–water partition coefficient (Wildman–Crippen LogP) is 13.7. The maximum Gasteiger partial charge on any atom is 0.164 e.